The SMILES string of the molecule is NNCC(=O)ON. The van der Waals surface area contributed by atoms with E-state index in [4.69, 9.17) is 5.84 Å². The zero-order chi connectivity index (χ0) is 5.70. The second kappa shape index (κ2) is 3.54. The molecule has 0 aliphatic carbocycles. The van der Waals surface area contributed by atoms with Crippen LogP contribution in [-0.2, 0) is 9.63 Å². The monoisotopic (exact) mass is 105 g/mol. The molecule has 0 aromatic heterocycles. The van der Waals surface area contributed by atoms with Crippen molar-refractivity contribution in [3.8, 4) is 0 Å². The van der Waals surface area contributed by atoms with Crippen LogP contribution < -0.4 is 17.2 Å². The Bertz CT molecular complexity index is 64.0. The van der Waals surface area contributed by atoms with E-state index in [9.17, 15) is 4.79 Å². The number of rotatable bonds is 2. The second-order valence-corrected chi connectivity index (χ2v) is 0.871. The first-order chi connectivity index (χ1) is 3.31. The summed E-state index contributed by atoms with van der Waals surface area (Å²) in [7, 11) is 0. The van der Waals surface area contributed by atoms with Crippen LogP contribution in [0.15, 0.2) is 0 Å². The topological polar surface area (TPSA) is 90.4 Å². The van der Waals surface area contributed by atoms with E-state index >= 15 is 0 Å². The van der Waals surface area contributed by atoms with Crippen molar-refractivity contribution < 1.29 is 9.63 Å². The van der Waals surface area contributed by atoms with Crippen molar-refractivity contribution >= 4 is 5.97 Å². The van der Waals surface area contributed by atoms with Crippen molar-refractivity contribution in [2.24, 2.45) is 11.7 Å². The molecule has 0 heterocycles. The molecule has 0 radical (unpaired) electrons. The number of carbonyl (C=O) groups is 1. The highest BCUT2D eigenvalue weighted by Crippen LogP contribution is 1.59. The van der Waals surface area contributed by atoms with Crippen LogP contribution in [0.4, 0.5) is 0 Å². The molecular formula is C2H7N3O2. The Kier molecular flexibility index (Phi) is 3.21. The fraction of sp³-hybridized carbons (Fsp3) is 0.500. The van der Waals surface area contributed by atoms with Gasteiger partial charge in [-0.3, -0.25) is 5.84 Å². The van der Waals surface area contributed by atoms with Gasteiger partial charge in [0.2, 0.25) is 0 Å². The van der Waals surface area contributed by atoms with Gasteiger partial charge in [-0.15, -0.1) is 0 Å². The molecular weight excluding hydrogens is 98.0 g/mol. The van der Waals surface area contributed by atoms with Crippen molar-refractivity contribution in [2.75, 3.05) is 6.54 Å². The van der Waals surface area contributed by atoms with Gasteiger partial charge < -0.3 is 4.84 Å². The summed E-state index contributed by atoms with van der Waals surface area (Å²) >= 11 is 0. The Morgan fingerprint density at radius 2 is 2.43 bits per heavy atom. The quantitative estimate of drug-likeness (QED) is 0.275. The molecule has 0 rings (SSSR count). The van der Waals surface area contributed by atoms with Crippen LogP contribution in [0.1, 0.15) is 0 Å². The predicted molar refractivity (Wildman–Crippen MR) is 22.5 cm³/mol. The third-order valence-corrected chi connectivity index (χ3v) is 0.378. The van der Waals surface area contributed by atoms with Gasteiger partial charge in [0.1, 0.15) is 6.54 Å². The molecule has 5 nitrogen and oxygen atoms in total. The average Bonchev–Trinajstić information content (AvgIpc) is 1.68. The molecule has 5 heteroatoms. The third-order valence-electron chi connectivity index (χ3n) is 0.378. The zero-order valence-corrected chi connectivity index (χ0v) is 3.68. The second-order valence-electron chi connectivity index (χ2n) is 0.871. The van der Waals surface area contributed by atoms with Crippen molar-refractivity contribution in [1.82, 2.24) is 5.43 Å². The molecule has 0 bridgehead atoms. The zero-order valence-electron chi connectivity index (χ0n) is 3.68. The van der Waals surface area contributed by atoms with E-state index in [0.717, 1.165) is 0 Å². The summed E-state index contributed by atoms with van der Waals surface area (Å²) in [4.78, 5) is 13.6. The normalized spacial score (nSPS) is 8.29. The van der Waals surface area contributed by atoms with Gasteiger partial charge in [-0.2, -0.15) is 5.90 Å². The molecule has 42 valence electrons. The van der Waals surface area contributed by atoms with E-state index in [2.05, 4.69) is 16.2 Å². The van der Waals surface area contributed by atoms with Gasteiger partial charge >= 0.3 is 5.97 Å². The molecule has 0 saturated carbocycles. The Morgan fingerprint density at radius 3 is 2.57 bits per heavy atom. The molecule has 5 N–H and O–H groups in total. The summed E-state index contributed by atoms with van der Waals surface area (Å²) in [6.45, 7) is -0.0590. The van der Waals surface area contributed by atoms with Crippen LogP contribution >= 0.6 is 0 Å². The number of nitrogens with one attached hydrogen (secondary N) is 1. The standard InChI is InChI=1S/C2H7N3O2/c3-5-1-2(6)7-4/h5H,1,3-4H2. The Morgan fingerprint density at radius 1 is 1.86 bits per heavy atom. The highest BCUT2D eigenvalue weighted by atomic mass is 16.7. The Balaban J connectivity index is 3.00. The van der Waals surface area contributed by atoms with Crippen molar-refractivity contribution in [2.45, 2.75) is 0 Å². The van der Waals surface area contributed by atoms with Crippen molar-refractivity contribution in [3.63, 3.8) is 0 Å². The van der Waals surface area contributed by atoms with E-state index < -0.39 is 5.97 Å². The van der Waals surface area contributed by atoms with Crippen LogP contribution in [0.3, 0.4) is 0 Å². The Hall–Kier alpha value is -0.650. The van der Waals surface area contributed by atoms with E-state index in [0.29, 0.717) is 0 Å². The van der Waals surface area contributed by atoms with E-state index in [1.54, 1.807) is 0 Å². The molecule has 0 aromatic carbocycles. The molecule has 0 aliphatic heterocycles. The van der Waals surface area contributed by atoms with E-state index in [1.807, 2.05) is 0 Å². The van der Waals surface area contributed by atoms with Crippen LogP contribution in [-0.4, -0.2) is 12.5 Å². The summed E-state index contributed by atoms with van der Waals surface area (Å²) in [5, 5.41) is 0. The molecule has 0 aromatic rings. The number of hydrazine groups is 1. The minimum Gasteiger partial charge on any atom is -0.372 e. The van der Waals surface area contributed by atoms with Gasteiger partial charge in [0.15, 0.2) is 0 Å². The highest BCUT2D eigenvalue weighted by Gasteiger charge is 1.93. The molecule has 7 heavy (non-hydrogen) atoms. The number of hydrogen-bond acceptors (Lipinski definition) is 5. The van der Waals surface area contributed by atoms with Gasteiger partial charge in [0.05, 0.1) is 0 Å². The fourth-order valence-electron chi connectivity index (χ4n) is 0.125. The molecule has 0 atom stereocenters. The van der Waals surface area contributed by atoms with Crippen LogP contribution in [0, 0.1) is 0 Å². The van der Waals surface area contributed by atoms with Crippen LogP contribution in [0.2, 0.25) is 0 Å². The lowest BCUT2D eigenvalue weighted by atomic mass is 10.7. The summed E-state index contributed by atoms with van der Waals surface area (Å²) in [6, 6.07) is 0. The molecule has 0 saturated heterocycles. The minimum atomic E-state index is -0.581. The molecule has 0 aliphatic rings. The maximum atomic E-state index is 9.92. The largest absolute Gasteiger partial charge is 0.372 e. The summed E-state index contributed by atoms with van der Waals surface area (Å²) in [6.07, 6.45) is 0. The third kappa shape index (κ3) is 3.17. The predicted octanol–water partition coefficient (Wildman–Crippen LogP) is -2.13. The van der Waals surface area contributed by atoms with Gasteiger partial charge in [0, 0.05) is 0 Å². The van der Waals surface area contributed by atoms with Crippen molar-refractivity contribution in [1.29, 1.82) is 0 Å². The fourth-order valence-corrected chi connectivity index (χ4v) is 0.125. The van der Waals surface area contributed by atoms with Crippen LogP contribution in [0.25, 0.3) is 0 Å². The first kappa shape index (κ1) is 6.35. The maximum Gasteiger partial charge on any atom is 0.339 e. The molecule has 0 fully saturated rings. The van der Waals surface area contributed by atoms with Gasteiger partial charge in [-0.1, -0.05) is 0 Å². The summed E-state index contributed by atoms with van der Waals surface area (Å²) in [5.74, 6) is 8.53. The lowest BCUT2D eigenvalue weighted by Gasteiger charge is -1.91. The first-order valence-electron chi connectivity index (χ1n) is 1.64. The smallest absolute Gasteiger partial charge is 0.339 e. The van der Waals surface area contributed by atoms with E-state index in [1.165, 1.54) is 0 Å². The minimum absolute atomic E-state index is 0.0590. The average molecular weight is 105 g/mol. The van der Waals surface area contributed by atoms with Gasteiger partial charge in [-0.05, 0) is 0 Å². The molecule has 0 unspecified atom stereocenters. The number of carbonyl (C=O) groups excluding carboxylic acids is 1. The number of nitrogens with two attached hydrogens (primary N) is 2. The lowest BCUT2D eigenvalue weighted by Crippen LogP contribution is -2.31. The van der Waals surface area contributed by atoms with Gasteiger partial charge in [-0.25, -0.2) is 10.2 Å². The highest BCUT2D eigenvalue weighted by molar-refractivity contribution is 5.70. The molecule has 0 amide bonds. The van der Waals surface area contributed by atoms with Crippen molar-refractivity contribution in [3.05, 3.63) is 0 Å². The Labute approximate surface area is 40.5 Å². The molecule has 0 spiro atoms. The number of hydrogen-bond donors (Lipinski definition) is 3. The van der Waals surface area contributed by atoms with Gasteiger partial charge in [0.25, 0.3) is 0 Å². The first-order valence-corrected chi connectivity index (χ1v) is 1.64. The summed E-state index contributed by atoms with van der Waals surface area (Å²) < 4.78 is 0. The summed E-state index contributed by atoms with van der Waals surface area (Å²) in [5.41, 5.74) is 2.06. The maximum absolute atomic E-state index is 9.92. The lowest BCUT2D eigenvalue weighted by molar-refractivity contribution is -0.143. The van der Waals surface area contributed by atoms with E-state index in [-0.39, 0.29) is 6.54 Å². The van der Waals surface area contributed by atoms with Crippen LogP contribution in [0.5, 0.6) is 0 Å².